The Kier molecular flexibility index (Phi) is 8.10. The maximum absolute atomic E-state index is 12.8. The van der Waals surface area contributed by atoms with Gasteiger partial charge in [0.05, 0.1) is 26.4 Å². The Morgan fingerprint density at radius 3 is 2.78 bits per heavy atom. The Balaban J connectivity index is 1.49. The van der Waals surface area contributed by atoms with Gasteiger partial charge in [0, 0.05) is 38.5 Å². The highest BCUT2D eigenvalue weighted by Gasteiger charge is 2.27. The Bertz CT molecular complexity index is 578. The third kappa shape index (κ3) is 6.30. The molecule has 2 aliphatic heterocycles. The predicted octanol–water partition coefficient (Wildman–Crippen LogP) is 2.09. The topological polar surface area (TPSA) is 54.0 Å². The number of thioether (sulfide) groups is 1. The quantitative estimate of drug-likeness (QED) is 0.802. The summed E-state index contributed by atoms with van der Waals surface area (Å²) >= 11 is 1.97. The molecule has 2 saturated heterocycles. The van der Waals surface area contributed by atoms with E-state index >= 15 is 0 Å². The van der Waals surface area contributed by atoms with Gasteiger partial charge in [-0.05, 0) is 36.3 Å². The van der Waals surface area contributed by atoms with E-state index < -0.39 is 0 Å². The van der Waals surface area contributed by atoms with Crippen molar-refractivity contribution in [3.8, 4) is 5.75 Å². The molecule has 0 aliphatic carbocycles. The molecule has 7 heteroatoms. The van der Waals surface area contributed by atoms with Crippen molar-refractivity contribution in [3.05, 3.63) is 29.8 Å². The number of nitrogens with zero attached hydrogens (tertiary/aromatic N) is 2. The first-order valence-corrected chi connectivity index (χ1v) is 11.0. The molecule has 2 amide bonds. The van der Waals surface area contributed by atoms with Gasteiger partial charge in [-0.2, -0.15) is 11.8 Å². The molecule has 2 fully saturated rings. The van der Waals surface area contributed by atoms with E-state index in [2.05, 4.69) is 27.2 Å². The normalized spacial score (nSPS) is 21.5. The number of nitrogens with one attached hydrogen (secondary N) is 1. The largest absolute Gasteiger partial charge is 0.497 e. The van der Waals surface area contributed by atoms with Gasteiger partial charge < -0.3 is 19.7 Å². The number of rotatable bonds is 6. The summed E-state index contributed by atoms with van der Waals surface area (Å²) in [6.07, 6.45) is 1.89. The molecular formula is C20H31N3O3S. The zero-order chi connectivity index (χ0) is 18.9. The van der Waals surface area contributed by atoms with Crippen LogP contribution in [0.15, 0.2) is 24.3 Å². The first-order valence-electron chi connectivity index (χ1n) is 9.81. The van der Waals surface area contributed by atoms with Crippen LogP contribution in [0.5, 0.6) is 5.75 Å². The number of ether oxygens (including phenoxy) is 2. The van der Waals surface area contributed by atoms with Crippen molar-refractivity contribution < 1.29 is 14.3 Å². The smallest absolute Gasteiger partial charge is 0.317 e. The number of hydrogen-bond acceptors (Lipinski definition) is 5. The Hall–Kier alpha value is -1.44. The maximum atomic E-state index is 12.8. The number of amides is 2. The van der Waals surface area contributed by atoms with Crippen LogP contribution in [-0.4, -0.2) is 86.4 Å². The van der Waals surface area contributed by atoms with Crippen molar-refractivity contribution >= 4 is 17.8 Å². The maximum Gasteiger partial charge on any atom is 0.317 e. The number of hydrogen-bond donors (Lipinski definition) is 1. The molecule has 2 heterocycles. The van der Waals surface area contributed by atoms with Crippen LogP contribution < -0.4 is 10.1 Å². The number of carbonyl (C=O) groups is 1. The van der Waals surface area contributed by atoms with E-state index in [0.717, 1.165) is 69.5 Å². The molecular weight excluding hydrogens is 362 g/mol. The van der Waals surface area contributed by atoms with E-state index in [9.17, 15) is 4.79 Å². The fraction of sp³-hybridized carbons (Fsp3) is 0.650. The van der Waals surface area contributed by atoms with Crippen molar-refractivity contribution in [2.45, 2.75) is 18.9 Å². The minimum atomic E-state index is 0.0734. The van der Waals surface area contributed by atoms with Crippen molar-refractivity contribution in [1.82, 2.24) is 15.1 Å². The van der Waals surface area contributed by atoms with E-state index in [-0.39, 0.29) is 12.1 Å². The number of urea groups is 1. The molecule has 3 rings (SSSR count). The molecule has 27 heavy (non-hydrogen) atoms. The molecule has 0 aromatic heterocycles. The van der Waals surface area contributed by atoms with Gasteiger partial charge in [0.25, 0.3) is 0 Å². The minimum absolute atomic E-state index is 0.0734. The number of carbonyl (C=O) groups excluding carboxylic acids is 1. The molecule has 0 radical (unpaired) electrons. The van der Waals surface area contributed by atoms with E-state index in [4.69, 9.17) is 9.47 Å². The van der Waals surface area contributed by atoms with Gasteiger partial charge in [0.1, 0.15) is 5.75 Å². The Morgan fingerprint density at radius 1 is 1.26 bits per heavy atom. The summed E-state index contributed by atoms with van der Waals surface area (Å²) in [6, 6.07) is 8.37. The van der Waals surface area contributed by atoms with Gasteiger partial charge in [-0.25, -0.2) is 4.79 Å². The first kappa shape index (κ1) is 20.3. The van der Waals surface area contributed by atoms with E-state index in [1.54, 1.807) is 7.11 Å². The molecule has 1 unspecified atom stereocenters. The summed E-state index contributed by atoms with van der Waals surface area (Å²) in [6.45, 7) is 5.97. The minimum Gasteiger partial charge on any atom is -0.497 e. The summed E-state index contributed by atoms with van der Waals surface area (Å²) in [5, 5.41) is 3.13. The molecule has 0 spiro atoms. The molecule has 150 valence electrons. The van der Waals surface area contributed by atoms with Crippen molar-refractivity contribution in [1.29, 1.82) is 0 Å². The summed E-state index contributed by atoms with van der Waals surface area (Å²) < 4.78 is 10.6. The fourth-order valence-corrected chi connectivity index (χ4v) is 4.59. The summed E-state index contributed by atoms with van der Waals surface area (Å²) in [5.74, 6) is 3.01. The van der Waals surface area contributed by atoms with E-state index in [1.165, 1.54) is 5.56 Å². The van der Waals surface area contributed by atoms with E-state index in [0.29, 0.717) is 6.54 Å². The highest BCUT2D eigenvalue weighted by molar-refractivity contribution is 7.99. The summed E-state index contributed by atoms with van der Waals surface area (Å²) in [4.78, 5) is 17.3. The van der Waals surface area contributed by atoms with Gasteiger partial charge >= 0.3 is 6.03 Å². The Morgan fingerprint density at radius 2 is 2.04 bits per heavy atom. The van der Waals surface area contributed by atoms with Gasteiger partial charge in [-0.3, -0.25) is 4.90 Å². The summed E-state index contributed by atoms with van der Waals surface area (Å²) in [7, 11) is 1.67. The van der Waals surface area contributed by atoms with Crippen LogP contribution in [0, 0.1) is 0 Å². The van der Waals surface area contributed by atoms with Gasteiger partial charge in [0.2, 0.25) is 0 Å². The standard InChI is InChI=1S/C20H31N3O3S/c1-25-19-5-3-17(4-6-19)7-8-21-20(24)23-9-2-14-27-16-18(23)15-22-10-12-26-13-11-22/h3-6,18H,2,7-16H2,1H3,(H,21,24). The van der Waals surface area contributed by atoms with Gasteiger partial charge in [0.15, 0.2) is 0 Å². The highest BCUT2D eigenvalue weighted by Crippen LogP contribution is 2.18. The zero-order valence-corrected chi connectivity index (χ0v) is 17.0. The number of benzene rings is 1. The lowest BCUT2D eigenvalue weighted by Gasteiger charge is -2.35. The second kappa shape index (κ2) is 10.8. The molecule has 1 N–H and O–H groups in total. The van der Waals surface area contributed by atoms with Gasteiger partial charge in [-0.15, -0.1) is 0 Å². The van der Waals surface area contributed by atoms with Crippen LogP contribution in [0.3, 0.4) is 0 Å². The first-order chi connectivity index (χ1) is 13.3. The van der Waals surface area contributed by atoms with Crippen LogP contribution >= 0.6 is 11.8 Å². The highest BCUT2D eigenvalue weighted by atomic mass is 32.2. The molecule has 0 saturated carbocycles. The van der Waals surface area contributed by atoms with Gasteiger partial charge in [-0.1, -0.05) is 12.1 Å². The average Bonchev–Trinajstić information content (AvgIpc) is 2.95. The monoisotopic (exact) mass is 393 g/mol. The lowest BCUT2D eigenvalue weighted by atomic mass is 10.1. The summed E-state index contributed by atoms with van der Waals surface area (Å²) in [5.41, 5.74) is 1.20. The SMILES string of the molecule is COc1ccc(CCNC(=O)N2CCCSCC2CN2CCOCC2)cc1. The van der Waals surface area contributed by atoms with E-state index in [1.807, 2.05) is 23.9 Å². The average molecular weight is 394 g/mol. The van der Waals surface area contributed by atoms with Crippen molar-refractivity contribution in [3.63, 3.8) is 0 Å². The third-order valence-electron chi connectivity index (χ3n) is 5.12. The Labute approximate surface area is 166 Å². The van der Waals surface area contributed by atoms with Crippen LogP contribution in [0.2, 0.25) is 0 Å². The van der Waals surface area contributed by atoms with Crippen LogP contribution in [0.4, 0.5) is 4.79 Å². The van der Waals surface area contributed by atoms with Crippen LogP contribution in [-0.2, 0) is 11.2 Å². The van der Waals surface area contributed by atoms with Crippen LogP contribution in [0.1, 0.15) is 12.0 Å². The molecule has 1 atom stereocenters. The number of methoxy groups -OCH3 is 1. The molecule has 1 aromatic carbocycles. The third-order valence-corrected chi connectivity index (χ3v) is 6.32. The van der Waals surface area contributed by atoms with Crippen LogP contribution in [0.25, 0.3) is 0 Å². The fourth-order valence-electron chi connectivity index (χ4n) is 3.54. The molecule has 1 aromatic rings. The zero-order valence-electron chi connectivity index (χ0n) is 16.2. The van der Waals surface area contributed by atoms with Crippen molar-refractivity contribution in [2.75, 3.05) is 64.6 Å². The van der Waals surface area contributed by atoms with Crippen molar-refractivity contribution in [2.24, 2.45) is 0 Å². The number of morpholine rings is 1. The second-order valence-corrected chi connectivity index (χ2v) is 8.17. The molecule has 6 nitrogen and oxygen atoms in total. The predicted molar refractivity (Wildman–Crippen MR) is 110 cm³/mol. The lowest BCUT2D eigenvalue weighted by Crippen LogP contribution is -2.53. The molecule has 0 bridgehead atoms. The molecule has 2 aliphatic rings. The lowest BCUT2D eigenvalue weighted by molar-refractivity contribution is 0.0284. The second-order valence-electron chi connectivity index (χ2n) is 7.02.